The standard InChI is InChI=1S/C17H12BrFO.C16H11BO3.C16H10BrFO.C16H9BrO.C11H11BO3.C6H3BrFI.CH5BO2.CH2Cl2.CH2O3.BBr3.2HI.2K.H/c1-20-17-9-12-5-3-2-4-11(12)8-15(17)14-7-6-13(18)10-16(14)19;18-17(19)12-5-6-13-14-7-10-3-1-2-4-11(10)8-15(14)20-16(13)9-12;17-12-5-6-13(15(18)9-12)14-7-10-3-1-2-4-11(10)8-16(14)19;17-12-5-6-13-14-7-10-3-1-2-4-11(10)8-15(14)18-16(13)9-12;1-15-11-7-9-5-3-2-4-8(9)6-10(11)12(13)14;7-4-1-2-6(9)5(8)3-4;1-2(3)4;2-1-3;2-1-4-3;2-1(3)4;;;;;/h2-10H,1H3;1-9,18-19H;1-9,19H;1-9H;2-7,13-14H,1H3;1-3H;3-4H,1H3;1H2;1,3H;;2*1H;;;/q;;;;;;;;;;;;2*+1;-1/p-1. The summed E-state index contributed by atoms with van der Waals surface area (Å²) in [4.78, 5) is 11.2. The minimum Gasteiger partial charge on any atom is -1.00 e. The SMILES string of the molecule is BrB(Br)Br.Brc1ccc2c(c1)oc1cc3ccccc3cc12.CB(O)O.COc1cc2ccccc2cc1-c1ccc(Br)cc1F.COc1cc2ccccc2cc1B(O)O.ClCCl.Fc1cc(Br)ccc1I.I.I.O=CO[O-].OB(O)c1ccc2c(c1)oc1cc3ccccc3cc12.Oc1cc2ccccc2cc1-c1ccc(Br)cc1F.[H-].[K+].[K+]. The van der Waals surface area contributed by atoms with E-state index in [1.807, 2.05) is 168 Å². The van der Waals surface area contributed by atoms with Gasteiger partial charge in [0.25, 0.3) is 6.47 Å². The molecule has 14 nitrogen and oxygen atoms in total. The van der Waals surface area contributed by atoms with Crippen LogP contribution in [0.2, 0.25) is 6.82 Å². The molecule has 0 saturated heterocycles. The zero-order chi connectivity index (χ0) is 84.3. The van der Waals surface area contributed by atoms with Crippen molar-refractivity contribution in [3.8, 4) is 39.5 Å². The van der Waals surface area contributed by atoms with Gasteiger partial charge in [0.1, 0.15) is 57.0 Å². The first kappa shape index (κ1) is 110. The fourth-order valence-electron chi connectivity index (χ4n) is 11.6. The maximum absolute atomic E-state index is 14.2. The summed E-state index contributed by atoms with van der Waals surface area (Å²) in [5.74, 6) is 0.437. The number of furan rings is 2. The average Bonchev–Trinajstić information content (AvgIpc) is 1.54. The second-order valence-electron chi connectivity index (χ2n) is 24.3. The number of hydrogen-bond acceptors (Lipinski definition) is 14. The van der Waals surface area contributed by atoms with Crippen molar-refractivity contribution in [3.63, 3.8) is 0 Å². The number of halogens is 15. The minimum atomic E-state index is -1.51. The number of ether oxygens (including phenoxy) is 2. The molecule has 0 aliphatic heterocycles. The van der Waals surface area contributed by atoms with E-state index < -0.39 is 21.4 Å². The molecule has 0 aliphatic carbocycles. The van der Waals surface area contributed by atoms with Gasteiger partial charge in [0, 0.05) is 70.7 Å². The fourth-order valence-corrected chi connectivity index (χ4v) is 13.3. The zero-order valence-corrected chi connectivity index (χ0v) is 89.5. The molecule has 0 saturated carbocycles. The molecular weight excluding hydrogens is 2430 g/mol. The van der Waals surface area contributed by atoms with E-state index in [9.17, 15) is 38.4 Å². The predicted octanol–water partition coefficient (Wildman–Crippen LogP) is 18.6. The Kier molecular flexibility index (Phi) is 51.0. The molecule has 35 heteroatoms. The number of benzene rings is 15. The molecule has 610 valence electrons. The van der Waals surface area contributed by atoms with Gasteiger partial charge in [-0.3, -0.25) is 4.79 Å². The first-order valence-corrected chi connectivity index (χ1v) is 42.2. The Morgan fingerprint density at radius 2 is 0.733 bits per heavy atom. The van der Waals surface area contributed by atoms with E-state index in [-0.39, 0.29) is 190 Å². The molecular formula is C85H67B4Br7Cl2F3I3K2O14. The Morgan fingerprint density at radius 3 is 1.11 bits per heavy atom. The molecule has 17 aromatic rings. The molecule has 0 fully saturated rings. The molecule has 2 aromatic heterocycles. The van der Waals surface area contributed by atoms with Gasteiger partial charge in [-0.1, -0.05) is 215 Å². The van der Waals surface area contributed by atoms with E-state index in [0.717, 1.165) is 89.6 Å². The second-order valence-corrected chi connectivity index (χ2v) is 36.3. The Morgan fingerprint density at radius 1 is 0.425 bits per heavy atom. The molecule has 0 radical (unpaired) electrons. The van der Waals surface area contributed by atoms with Crippen molar-refractivity contribution in [1.29, 1.82) is 0 Å². The smallest absolute Gasteiger partial charge is 1.00 e. The Hall–Kier alpha value is -2.76. The van der Waals surface area contributed by atoms with Crippen molar-refractivity contribution in [2.75, 3.05) is 19.6 Å². The number of alkyl halides is 2. The number of hydrogen-bond donors (Lipinski definition) is 7. The predicted molar refractivity (Wildman–Crippen MR) is 534 cm³/mol. The molecule has 0 atom stereocenters. The number of carbonyl (C=O) groups excluding carboxylic acids is 1. The van der Waals surface area contributed by atoms with Crippen LogP contribution in [0.25, 0.3) is 120 Å². The summed E-state index contributed by atoms with van der Waals surface area (Å²) in [6, 6.07) is 85.3. The van der Waals surface area contributed by atoms with Gasteiger partial charge in [0.15, 0.2) is 0 Å². The van der Waals surface area contributed by atoms with Crippen LogP contribution in [-0.4, -0.2) is 85.8 Å². The molecule has 120 heavy (non-hydrogen) atoms. The second kappa shape index (κ2) is 55.9. The summed E-state index contributed by atoms with van der Waals surface area (Å²) in [7, 11) is -1.04. The van der Waals surface area contributed by atoms with Crippen LogP contribution < -0.4 is 128 Å². The fraction of sp³-hybridized carbons (Fsp3) is 0.0471. The molecule has 15 aromatic carbocycles. The number of fused-ring (bicyclic) bond motifs is 11. The monoisotopic (exact) mass is 2490 g/mol. The van der Waals surface area contributed by atoms with Crippen LogP contribution in [0.15, 0.2) is 300 Å². The summed E-state index contributed by atoms with van der Waals surface area (Å²) in [6.07, 6.45) is 0. The Balaban J connectivity index is 0.000000363. The van der Waals surface area contributed by atoms with Gasteiger partial charge in [0.05, 0.1) is 19.6 Å². The van der Waals surface area contributed by atoms with E-state index in [4.69, 9.17) is 61.6 Å². The molecule has 0 spiro atoms. The normalized spacial score (nSPS) is 9.96. The van der Waals surface area contributed by atoms with Gasteiger partial charge in [-0.05, 0) is 210 Å². The third kappa shape index (κ3) is 32.8. The van der Waals surface area contributed by atoms with E-state index in [0.29, 0.717) is 52.7 Å². The first-order chi connectivity index (χ1) is 55.6. The maximum Gasteiger partial charge on any atom is 1.00 e. The summed E-state index contributed by atoms with van der Waals surface area (Å²) in [5, 5.41) is 85.8. The van der Waals surface area contributed by atoms with Gasteiger partial charge in [0.2, 0.25) is 0 Å². The maximum atomic E-state index is 14.2. The van der Waals surface area contributed by atoms with Crippen LogP contribution in [0.1, 0.15) is 1.43 Å². The zero-order valence-electron chi connectivity index (χ0n) is 64.8. The van der Waals surface area contributed by atoms with Gasteiger partial charge in [-0.25, -0.2) is 13.2 Å². The number of rotatable bonds is 7. The summed E-state index contributed by atoms with van der Waals surface area (Å²) < 4.78 is 67.1. The third-order valence-corrected chi connectivity index (χ3v) is 19.5. The number of aromatic hydroxyl groups is 1. The van der Waals surface area contributed by atoms with E-state index in [1.54, 1.807) is 67.8 Å². The summed E-state index contributed by atoms with van der Waals surface area (Å²) >= 11 is 33.9. The van der Waals surface area contributed by atoms with E-state index in [2.05, 4.69) is 164 Å². The van der Waals surface area contributed by atoms with Gasteiger partial charge in [-0.2, -0.15) is 0 Å². The molecule has 0 bridgehead atoms. The molecule has 0 aliphatic rings. The molecule has 17 rings (SSSR count). The number of methoxy groups -OCH3 is 2. The van der Waals surface area contributed by atoms with Crippen LogP contribution in [0.5, 0.6) is 17.2 Å². The van der Waals surface area contributed by atoms with Crippen molar-refractivity contribution < 1.29 is 186 Å². The quantitative estimate of drug-likeness (QED) is 0.0150. The Bertz CT molecular complexity index is 6190. The number of phenols is 1. The Labute approximate surface area is 893 Å². The summed E-state index contributed by atoms with van der Waals surface area (Å²) in [5.41, 5.74) is 6.36. The molecule has 7 N–H and O–H groups in total. The largest absolute Gasteiger partial charge is 1.00 e. The van der Waals surface area contributed by atoms with Gasteiger partial charge >= 0.3 is 127 Å². The van der Waals surface area contributed by atoms with Crippen LogP contribution in [0.3, 0.4) is 0 Å². The molecule has 0 unspecified atom stereocenters. The van der Waals surface area contributed by atoms with Crippen molar-refractivity contribution in [1.82, 2.24) is 0 Å². The van der Waals surface area contributed by atoms with Crippen molar-refractivity contribution in [2.24, 2.45) is 0 Å². The van der Waals surface area contributed by atoms with Crippen LogP contribution in [-0.2, 0) is 9.68 Å². The van der Waals surface area contributed by atoms with Gasteiger partial charge < -0.3 is 65.1 Å². The molecule has 2 heterocycles. The number of carbonyl (C=O) groups is 1. The number of phenolic OH excluding ortho intramolecular Hbond substituents is 1. The van der Waals surface area contributed by atoms with Crippen molar-refractivity contribution >= 4 is 344 Å². The minimum absolute atomic E-state index is 0. The average molecular weight is 2500 g/mol. The molecule has 0 amide bonds. The van der Waals surface area contributed by atoms with Crippen LogP contribution in [0.4, 0.5) is 13.2 Å². The van der Waals surface area contributed by atoms with Crippen LogP contribution >= 0.6 is 205 Å². The van der Waals surface area contributed by atoms with E-state index >= 15 is 0 Å². The van der Waals surface area contributed by atoms with Crippen molar-refractivity contribution in [2.45, 2.75) is 6.82 Å². The first-order valence-electron chi connectivity index (χ1n) is 34.2. The van der Waals surface area contributed by atoms with Crippen molar-refractivity contribution in [3.05, 3.63) is 312 Å². The summed E-state index contributed by atoms with van der Waals surface area (Å²) in [6.45, 7) is 1.10. The van der Waals surface area contributed by atoms with Gasteiger partial charge in [-0.15, -0.1) is 118 Å². The third-order valence-electron chi connectivity index (χ3n) is 16.6. The topological polar surface area (TPSA) is 236 Å². The van der Waals surface area contributed by atoms with Crippen LogP contribution in [0, 0.1) is 21.0 Å². The van der Waals surface area contributed by atoms with E-state index in [1.165, 1.54) is 53.7 Å².